The zero-order chi connectivity index (χ0) is 10.1. The highest BCUT2D eigenvalue weighted by Gasteiger charge is 1.88. The Morgan fingerprint density at radius 1 is 1.15 bits per heavy atom. The first kappa shape index (κ1) is 11.9. The van der Waals surface area contributed by atoms with Gasteiger partial charge in [-0.15, -0.1) is 0 Å². The summed E-state index contributed by atoms with van der Waals surface area (Å²) in [6.07, 6.45) is 3.57. The molecule has 4 nitrogen and oxygen atoms in total. The van der Waals surface area contributed by atoms with E-state index in [4.69, 9.17) is 10.2 Å². The van der Waals surface area contributed by atoms with Crippen LogP contribution in [0.4, 0.5) is 5.69 Å². The third kappa shape index (κ3) is 6.07. The van der Waals surface area contributed by atoms with E-state index < -0.39 is 0 Å². The lowest BCUT2D eigenvalue weighted by atomic mass is 10.4. The number of aromatic nitrogens is 1. The normalized spacial score (nSPS) is 8.62. The molecule has 0 bridgehead atoms. The van der Waals surface area contributed by atoms with Crippen molar-refractivity contribution >= 4 is 5.69 Å². The molecule has 0 fully saturated rings. The van der Waals surface area contributed by atoms with Crippen LogP contribution in [0.5, 0.6) is 0 Å². The van der Waals surface area contributed by atoms with Crippen molar-refractivity contribution in [2.24, 2.45) is 0 Å². The average Bonchev–Trinajstić information content (AvgIpc) is 2.19. The van der Waals surface area contributed by atoms with E-state index in [-0.39, 0.29) is 13.2 Å². The first-order valence-corrected chi connectivity index (χ1v) is 4.01. The molecule has 0 amide bonds. The largest absolute Gasteiger partial charge is 0.394 e. The van der Waals surface area contributed by atoms with Crippen molar-refractivity contribution in [3.8, 4) is 0 Å². The number of anilines is 1. The lowest BCUT2D eigenvalue weighted by Crippen LogP contribution is -2.07. The monoisotopic (exact) mass is 184 g/mol. The van der Waals surface area contributed by atoms with Gasteiger partial charge >= 0.3 is 0 Å². The van der Waals surface area contributed by atoms with Gasteiger partial charge in [-0.3, -0.25) is 4.98 Å². The van der Waals surface area contributed by atoms with Crippen molar-refractivity contribution in [1.29, 1.82) is 0 Å². The van der Waals surface area contributed by atoms with Crippen molar-refractivity contribution in [3.05, 3.63) is 24.5 Å². The van der Waals surface area contributed by atoms with Crippen LogP contribution in [0.25, 0.3) is 0 Å². The Morgan fingerprint density at radius 3 is 1.85 bits per heavy atom. The van der Waals surface area contributed by atoms with E-state index in [1.807, 2.05) is 31.1 Å². The zero-order valence-electron chi connectivity index (χ0n) is 8.01. The van der Waals surface area contributed by atoms with Gasteiger partial charge < -0.3 is 15.1 Å². The first-order chi connectivity index (χ1) is 6.22. The zero-order valence-corrected chi connectivity index (χ0v) is 8.01. The smallest absolute Gasteiger partial charge is 0.0662 e. The van der Waals surface area contributed by atoms with Crippen LogP contribution >= 0.6 is 0 Å². The number of nitrogens with zero attached hydrogens (tertiary/aromatic N) is 2. The fraction of sp³-hybridized carbons (Fsp3) is 0.444. The van der Waals surface area contributed by atoms with Crippen molar-refractivity contribution in [1.82, 2.24) is 4.98 Å². The summed E-state index contributed by atoms with van der Waals surface area (Å²) < 4.78 is 0. The Balaban J connectivity index is 0.000000310. The van der Waals surface area contributed by atoms with Gasteiger partial charge in [-0.05, 0) is 12.1 Å². The van der Waals surface area contributed by atoms with Gasteiger partial charge in [-0.2, -0.15) is 0 Å². The van der Waals surface area contributed by atoms with Gasteiger partial charge in [0.15, 0.2) is 0 Å². The number of rotatable bonds is 2. The van der Waals surface area contributed by atoms with Gasteiger partial charge in [0.2, 0.25) is 0 Å². The van der Waals surface area contributed by atoms with E-state index >= 15 is 0 Å². The van der Waals surface area contributed by atoms with Crippen LogP contribution in [0.15, 0.2) is 24.5 Å². The maximum absolute atomic E-state index is 7.62. The van der Waals surface area contributed by atoms with Crippen LogP contribution in [0.1, 0.15) is 0 Å². The number of hydrogen-bond donors (Lipinski definition) is 2. The van der Waals surface area contributed by atoms with Crippen molar-refractivity contribution in [2.75, 3.05) is 32.2 Å². The summed E-state index contributed by atoms with van der Waals surface area (Å²) in [4.78, 5) is 5.94. The molecule has 1 aromatic rings. The molecule has 4 heteroatoms. The molecule has 13 heavy (non-hydrogen) atoms. The maximum atomic E-state index is 7.62. The summed E-state index contributed by atoms with van der Waals surface area (Å²) in [5.74, 6) is 0. The molecule has 2 N–H and O–H groups in total. The summed E-state index contributed by atoms with van der Waals surface area (Å²) in [5.41, 5.74) is 1.19. The Labute approximate surface area is 78.5 Å². The standard InChI is InChI=1S/C7H10N2.C2H6O2/c1-9(2)7-3-5-8-6-4-7;3-1-2-4/h3-6H,1-2H3;3-4H,1-2H2. The molecule has 1 aromatic heterocycles. The highest BCUT2D eigenvalue weighted by atomic mass is 16.3. The highest BCUT2D eigenvalue weighted by Crippen LogP contribution is 2.05. The van der Waals surface area contributed by atoms with E-state index in [0.29, 0.717) is 0 Å². The second-order valence-electron chi connectivity index (χ2n) is 2.55. The lowest BCUT2D eigenvalue weighted by molar-refractivity contribution is 0.186. The quantitative estimate of drug-likeness (QED) is 0.685. The number of hydrogen-bond acceptors (Lipinski definition) is 4. The topological polar surface area (TPSA) is 56.6 Å². The van der Waals surface area contributed by atoms with Gasteiger partial charge in [0.1, 0.15) is 0 Å². The minimum absolute atomic E-state index is 0.125. The maximum Gasteiger partial charge on any atom is 0.0662 e. The second-order valence-corrected chi connectivity index (χ2v) is 2.55. The second kappa shape index (κ2) is 7.52. The third-order valence-corrected chi connectivity index (χ3v) is 1.28. The predicted octanol–water partition coefficient (Wildman–Crippen LogP) is 0.119. The van der Waals surface area contributed by atoms with E-state index in [0.717, 1.165) is 0 Å². The summed E-state index contributed by atoms with van der Waals surface area (Å²) in [6, 6.07) is 3.94. The highest BCUT2D eigenvalue weighted by molar-refractivity contribution is 5.42. The average molecular weight is 184 g/mol. The molecule has 74 valence electrons. The summed E-state index contributed by atoms with van der Waals surface area (Å²) in [7, 11) is 4.02. The van der Waals surface area contributed by atoms with Crippen LogP contribution in [0, 0.1) is 0 Å². The van der Waals surface area contributed by atoms with E-state index in [1.54, 1.807) is 12.4 Å². The SMILES string of the molecule is CN(C)c1ccncc1.OCCO. The Morgan fingerprint density at radius 2 is 1.62 bits per heavy atom. The van der Waals surface area contributed by atoms with Crippen molar-refractivity contribution < 1.29 is 10.2 Å². The van der Waals surface area contributed by atoms with Gasteiger partial charge in [0.05, 0.1) is 13.2 Å². The van der Waals surface area contributed by atoms with E-state index in [9.17, 15) is 0 Å². The molecule has 0 aliphatic rings. The van der Waals surface area contributed by atoms with E-state index in [1.165, 1.54) is 5.69 Å². The van der Waals surface area contributed by atoms with E-state index in [2.05, 4.69) is 4.98 Å². The Bertz CT molecular complexity index is 200. The van der Waals surface area contributed by atoms with Crippen molar-refractivity contribution in [2.45, 2.75) is 0 Å². The van der Waals surface area contributed by atoms with Crippen LogP contribution in [-0.4, -0.2) is 42.5 Å². The fourth-order valence-electron chi connectivity index (χ4n) is 0.642. The van der Waals surface area contributed by atoms with Crippen LogP contribution in [0.2, 0.25) is 0 Å². The van der Waals surface area contributed by atoms with Gasteiger partial charge in [0.25, 0.3) is 0 Å². The minimum atomic E-state index is -0.125. The molecule has 0 aliphatic heterocycles. The number of aliphatic hydroxyl groups is 2. The molecule has 0 saturated heterocycles. The fourth-order valence-corrected chi connectivity index (χ4v) is 0.642. The molecule has 0 radical (unpaired) electrons. The van der Waals surface area contributed by atoms with Gasteiger partial charge in [-0.25, -0.2) is 0 Å². The molecular formula is C9H16N2O2. The Hall–Kier alpha value is -1.13. The van der Waals surface area contributed by atoms with Crippen molar-refractivity contribution in [3.63, 3.8) is 0 Å². The van der Waals surface area contributed by atoms with Crippen LogP contribution in [0.3, 0.4) is 0 Å². The number of pyridine rings is 1. The summed E-state index contributed by atoms with van der Waals surface area (Å²) in [6.45, 7) is -0.250. The molecule has 0 saturated carbocycles. The summed E-state index contributed by atoms with van der Waals surface area (Å²) in [5, 5.41) is 15.2. The molecule has 1 heterocycles. The molecule has 0 atom stereocenters. The molecule has 0 aliphatic carbocycles. The molecule has 0 aromatic carbocycles. The predicted molar refractivity (Wildman–Crippen MR) is 52.7 cm³/mol. The Kier molecular flexibility index (Phi) is 6.86. The van der Waals surface area contributed by atoms with Crippen LogP contribution in [-0.2, 0) is 0 Å². The molecule has 0 unspecified atom stereocenters. The van der Waals surface area contributed by atoms with Gasteiger partial charge in [0, 0.05) is 32.2 Å². The number of aliphatic hydroxyl groups excluding tert-OH is 2. The third-order valence-electron chi connectivity index (χ3n) is 1.28. The lowest BCUT2D eigenvalue weighted by Gasteiger charge is -2.10. The molecule has 1 rings (SSSR count). The first-order valence-electron chi connectivity index (χ1n) is 4.01. The minimum Gasteiger partial charge on any atom is -0.394 e. The van der Waals surface area contributed by atoms with Gasteiger partial charge in [-0.1, -0.05) is 0 Å². The summed E-state index contributed by atoms with van der Waals surface area (Å²) >= 11 is 0. The van der Waals surface area contributed by atoms with Crippen LogP contribution < -0.4 is 4.90 Å². The molecule has 0 spiro atoms. The molecular weight excluding hydrogens is 168 g/mol.